The number of benzene rings is 1. The molecule has 5 rings (SSSR count). The summed E-state index contributed by atoms with van der Waals surface area (Å²) in [5.41, 5.74) is -0.249. The van der Waals surface area contributed by atoms with Gasteiger partial charge in [0.2, 0.25) is 16.2 Å². The molecule has 1 saturated heterocycles. The summed E-state index contributed by atoms with van der Waals surface area (Å²) in [6, 6.07) is 6.11. The summed E-state index contributed by atoms with van der Waals surface area (Å²) < 4.78 is 80.3. The topological polar surface area (TPSA) is 105 Å². The highest BCUT2D eigenvalue weighted by Gasteiger charge is 2.33. The minimum Gasteiger partial charge on any atom is -0.406 e. The lowest BCUT2D eigenvalue weighted by molar-refractivity contribution is -0.274. The third-order valence-corrected chi connectivity index (χ3v) is 7.34. The lowest BCUT2D eigenvalue weighted by atomic mass is 10.1. The van der Waals surface area contributed by atoms with Gasteiger partial charge in [0.1, 0.15) is 5.75 Å². The van der Waals surface area contributed by atoms with Crippen LogP contribution >= 0.6 is 22.7 Å². The number of carbonyl (C=O) groups excluding carboxylic acids is 1. The summed E-state index contributed by atoms with van der Waals surface area (Å²) in [5, 5.41) is 14.9. The number of nitrogens with zero attached hydrogens (tertiary/aromatic N) is 5. The van der Waals surface area contributed by atoms with Gasteiger partial charge in [-0.15, -0.1) is 23.4 Å². The first-order valence-corrected chi connectivity index (χ1v) is 12.9. The van der Waals surface area contributed by atoms with Gasteiger partial charge in [0.05, 0.1) is 16.7 Å². The van der Waals surface area contributed by atoms with E-state index >= 15 is 0 Å². The minimum atomic E-state index is -4.83. The van der Waals surface area contributed by atoms with Gasteiger partial charge in [-0.25, -0.2) is 4.98 Å². The van der Waals surface area contributed by atoms with Gasteiger partial charge < -0.3 is 20.3 Å². The molecule has 206 valence electrons. The second kappa shape index (κ2) is 10.4. The van der Waals surface area contributed by atoms with Crippen LogP contribution in [0.4, 0.5) is 41.7 Å². The Hall–Kier alpha value is -3.73. The molecule has 3 aromatic heterocycles. The monoisotopic (exact) mass is 589 g/mol. The van der Waals surface area contributed by atoms with Crippen molar-refractivity contribution in [3.63, 3.8) is 0 Å². The van der Waals surface area contributed by atoms with Gasteiger partial charge in [0.15, 0.2) is 10.8 Å². The molecular formula is C22H17F6N7O2S2. The number of fused-ring (bicyclic) bond motifs is 1. The Kier molecular flexibility index (Phi) is 7.19. The van der Waals surface area contributed by atoms with Crippen molar-refractivity contribution in [1.82, 2.24) is 20.2 Å². The molecule has 9 nitrogen and oxygen atoms in total. The maximum absolute atomic E-state index is 13.0. The van der Waals surface area contributed by atoms with Crippen molar-refractivity contribution in [3.8, 4) is 5.75 Å². The fourth-order valence-corrected chi connectivity index (χ4v) is 5.59. The van der Waals surface area contributed by atoms with Gasteiger partial charge in [0.25, 0.3) is 0 Å². The van der Waals surface area contributed by atoms with E-state index < -0.39 is 29.8 Å². The number of amides is 1. The van der Waals surface area contributed by atoms with Crippen molar-refractivity contribution in [1.29, 1.82) is 0 Å². The molecule has 1 amide bonds. The van der Waals surface area contributed by atoms with E-state index in [0.717, 1.165) is 47.1 Å². The number of rotatable bonds is 7. The summed E-state index contributed by atoms with van der Waals surface area (Å²) >= 11 is 2.22. The standard InChI is InChI=1S/C22H17F6N7O2S2/c23-21(24,25)12-8-15-17(29-9-12)32-20(38-15)35-5-4-13(10-35)30-18-33-34-19(39-18)31-16(36)7-11-2-1-3-14(6-11)37-22(26,27)28/h1-3,6,8-9,13H,4-5,7,10H2,(H,30,33)(H,31,34,36)/t13-/m1/s1. The maximum atomic E-state index is 13.0. The normalized spacial score (nSPS) is 16.1. The number of aromatic nitrogens is 4. The van der Waals surface area contributed by atoms with Gasteiger partial charge in [-0.05, 0) is 30.2 Å². The van der Waals surface area contributed by atoms with E-state index in [1.807, 2.05) is 4.90 Å². The van der Waals surface area contributed by atoms with E-state index in [1.54, 1.807) is 0 Å². The van der Waals surface area contributed by atoms with Crippen molar-refractivity contribution in [3.05, 3.63) is 47.7 Å². The molecule has 1 atom stereocenters. The van der Waals surface area contributed by atoms with Crippen LogP contribution in [-0.2, 0) is 17.4 Å². The largest absolute Gasteiger partial charge is 0.573 e. The molecule has 2 N–H and O–H groups in total. The Labute approximate surface area is 223 Å². The number of thiazole rings is 1. The Balaban J connectivity index is 1.15. The molecule has 1 aliphatic rings. The van der Waals surface area contributed by atoms with Crippen molar-refractivity contribution in [2.45, 2.75) is 31.4 Å². The van der Waals surface area contributed by atoms with Crippen molar-refractivity contribution in [2.75, 3.05) is 28.6 Å². The molecule has 1 aliphatic heterocycles. The lowest BCUT2D eigenvalue weighted by Gasteiger charge is -2.14. The average molecular weight is 590 g/mol. The van der Waals surface area contributed by atoms with E-state index in [1.165, 1.54) is 12.1 Å². The predicted molar refractivity (Wildman–Crippen MR) is 132 cm³/mol. The second-order valence-corrected chi connectivity index (χ2v) is 10.4. The summed E-state index contributed by atoms with van der Waals surface area (Å²) in [6.45, 7) is 1.13. The first-order chi connectivity index (χ1) is 18.4. The molecule has 1 fully saturated rings. The zero-order valence-corrected chi connectivity index (χ0v) is 21.1. The first kappa shape index (κ1) is 26.9. The zero-order valence-electron chi connectivity index (χ0n) is 19.5. The van der Waals surface area contributed by atoms with Crippen LogP contribution in [0.1, 0.15) is 17.5 Å². The number of pyridine rings is 1. The molecule has 0 radical (unpaired) electrons. The minimum absolute atomic E-state index is 0.0522. The van der Waals surface area contributed by atoms with E-state index in [9.17, 15) is 31.1 Å². The summed E-state index contributed by atoms with van der Waals surface area (Å²) in [4.78, 5) is 22.5. The zero-order chi connectivity index (χ0) is 27.8. The molecule has 39 heavy (non-hydrogen) atoms. The van der Waals surface area contributed by atoms with Crippen LogP contribution in [0.5, 0.6) is 5.75 Å². The van der Waals surface area contributed by atoms with Crippen LogP contribution in [0.25, 0.3) is 10.3 Å². The number of carbonyl (C=O) groups is 1. The second-order valence-electron chi connectivity index (χ2n) is 8.45. The molecule has 1 aromatic carbocycles. The predicted octanol–water partition coefficient (Wildman–Crippen LogP) is 5.33. The van der Waals surface area contributed by atoms with Crippen molar-refractivity contribution >= 4 is 54.3 Å². The highest BCUT2D eigenvalue weighted by Crippen LogP contribution is 2.35. The molecule has 4 aromatic rings. The van der Waals surface area contributed by atoms with E-state index in [-0.39, 0.29) is 23.2 Å². The smallest absolute Gasteiger partial charge is 0.406 e. The Morgan fingerprint density at radius 1 is 1.10 bits per heavy atom. The van der Waals surface area contributed by atoms with Gasteiger partial charge in [-0.3, -0.25) is 4.79 Å². The van der Waals surface area contributed by atoms with Crippen LogP contribution in [0.3, 0.4) is 0 Å². The number of hydrogen-bond donors (Lipinski definition) is 2. The van der Waals surface area contributed by atoms with Gasteiger partial charge in [-0.1, -0.05) is 34.8 Å². The Morgan fingerprint density at radius 3 is 2.67 bits per heavy atom. The molecule has 0 bridgehead atoms. The van der Waals surface area contributed by atoms with Gasteiger partial charge in [-0.2, -0.15) is 18.2 Å². The average Bonchev–Trinajstić information content (AvgIpc) is 3.57. The lowest BCUT2D eigenvalue weighted by Crippen LogP contribution is -2.25. The van der Waals surface area contributed by atoms with Crippen LogP contribution in [0, 0.1) is 0 Å². The van der Waals surface area contributed by atoms with E-state index in [4.69, 9.17) is 0 Å². The molecule has 0 aliphatic carbocycles. The van der Waals surface area contributed by atoms with Crippen molar-refractivity contribution < 1.29 is 35.9 Å². The SMILES string of the molecule is O=C(Cc1cccc(OC(F)(F)F)c1)Nc1nnc(N[C@@H]2CCN(c3nc4ncc(C(F)(F)F)cc4s3)C2)s1. The third kappa shape index (κ3) is 6.83. The number of anilines is 3. The van der Waals surface area contributed by atoms with E-state index in [0.29, 0.717) is 40.0 Å². The van der Waals surface area contributed by atoms with Gasteiger partial charge in [0, 0.05) is 25.3 Å². The number of hydrogen-bond acceptors (Lipinski definition) is 10. The van der Waals surface area contributed by atoms with Crippen LogP contribution in [0.15, 0.2) is 36.5 Å². The first-order valence-electron chi connectivity index (χ1n) is 11.2. The summed E-state index contributed by atoms with van der Waals surface area (Å²) in [5.74, 6) is -0.916. The molecule has 0 saturated carbocycles. The number of alkyl halides is 6. The molecule has 17 heteroatoms. The maximum Gasteiger partial charge on any atom is 0.573 e. The van der Waals surface area contributed by atoms with Gasteiger partial charge >= 0.3 is 12.5 Å². The highest BCUT2D eigenvalue weighted by molar-refractivity contribution is 7.22. The third-order valence-electron chi connectivity index (χ3n) is 5.52. The molecule has 4 heterocycles. The summed E-state index contributed by atoms with van der Waals surface area (Å²) in [6.07, 6.45) is -8.04. The molecule has 0 spiro atoms. The number of halogens is 6. The number of ether oxygens (including phenoxy) is 1. The fourth-order valence-electron chi connectivity index (χ4n) is 3.86. The highest BCUT2D eigenvalue weighted by atomic mass is 32.1. The Bertz CT molecular complexity index is 1490. The molecule has 0 unspecified atom stereocenters. The van der Waals surface area contributed by atoms with Crippen molar-refractivity contribution in [2.24, 2.45) is 0 Å². The van der Waals surface area contributed by atoms with Crippen LogP contribution in [-0.4, -0.2) is 51.6 Å². The molecular weight excluding hydrogens is 572 g/mol. The van der Waals surface area contributed by atoms with Crippen LogP contribution < -0.4 is 20.3 Å². The quantitative estimate of drug-likeness (QED) is 0.279. The fraction of sp³-hybridized carbons (Fsp3) is 0.318. The van der Waals surface area contributed by atoms with E-state index in [2.05, 4.69) is 35.5 Å². The Morgan fingerprint density at radius 2 is 1.90 bits per heavy atom. The number of nitrogens with one attached hydrogen (secondary N) is 2. The van der Waals surface area contributed by atoms with Crippen LogP contribution in [0.2, 0.25) is 0 Å². The summed E-state index contributed by atoms with van der Waals surface area (Å²) in [7, 11) is 0.